The highest BCUT2D eigenvalue weighted by molar-refractivity contribution is 5.40. The van der Waals surface area contributed by atoms with Crippen molar-refractivity contribution in [2.75, 3.05) is 39.5 Å². The predicted molar refractivity (Wildman–Crippen MR) is 93.2 cm³/mol. The van der Waals surface area contributed by atoms with Crippen molar-refractivity contribution in [1.29, 1.82) is 0 Å². The molecule has 0 amide bonds. The standard InChI is InChI=1S/C20H25NO2/c1-17-7-8-20(23-14-11-21-9-12-22-13-10-21)19(15-17)16-18-5-3-2-4-6-18/h2-8,15H,9-14,16H2,1H3. The summed E-state index contributed by atoms with van der Waals surface area (Å²) in [7, 11) is 0. The van der Waals surface area contributed by atoms with Crippen LogP contribution in [0.25, 0.3) is 0 Å². The summed E-state index contributed by atoms with van der Waals surface area (Å²) >= 11 is 0. The van der Waals surface area contributed by atoms with Gasteiger partial charge in [0, 0.05) is 26.1 Å². The second-order valence-corrected chi connectivity index (χ2v) is 6.08. The molecule has 1 aliphatic rings. The molecule has 3 heteroatoms. The smallest absolute Gasteiger partial charge is 0.122 e. The minimum absolute atomic E-state index is 0.727. The van der Waals surface area contributed by atoms with Gasteiger partial charge in [-0.3, -0.25) is 4.90 Å². The molecule has 3 rings (SSSR count). The highest BCUT2D eigenvalue weighted by Crippen LogP contribution is 2.23. The molecule has 0 unspecified atom stereocenters. The molecule has 0 aromatic heterocycles. The fraction of sp³-hybridized carbons (Fsp3) is 0.400. The molecular weight excluding hydrogens is 286 g/mol. The zero-order valence-electron chi connectivity index (χ0n) is 13.8. The van der Waals surface area contributed by atoms with E-state index in [1.807, 2.05) is 0 Å². The third-order valence-corrected chi connectivity index (χ3v) is 4.22. The van der Waals surface area contributed by atoms with Gasteiger partial charge in [-0.05, 0) is 24.1 Å². The molecule has 1 heterocycles. The highest BCUT2D eigenvalue weighted by atomic mass is 16.5. The number of morpholine rings is 1. The third kappa shape index (κ3) is 4.81. The molecular formula is C20H25NO2. The van der Waals surface area contributed by atoms with Crippen molar-refractivity contribution in [2.24, 2.45) is 0 Å². The Bertz CT molecular complexity index is 606. The van der Waals surface area contributed by atoms with Gasteiger partial charge in [-0.1, -0.05) is 48.0 Å². The van der Waals surface area contributed by atoms with Crippen molar-refractivity contribution in [2.45, 2.75) is 13.3 Å². The van der Waals surface area contributed by atoms with Gasteiger partial charge in [0.1, 0.15) is 12.4 Å². The summed E-state index contributed by atoms with van der Waals surface area (Å²) in [4.78, 5) is 2.40. The lowest BCUT2D eigenvalue weighted by molar-refractivity contribution is 0.0322. The Labute approximate surface area is 138 Å². The van der Waals surface area contributed by atoms with Gasteiger partial charge in [-0.2, -0.15) is 0 Å². The van der Waals surface area contributed by atoms with Crippen molar-refractivity contribution in [3.8, 4) is 5.75 Å². The molecule has 3 nitrogen and oxygen atoms in total. The molecule has 2 aromatic carbocycles. The minimum atomic E-state index is 0.727. The van der Waals surface area contributed by atoms with Crippen LogP contribution in [-0.4, -0.2) is 44.4 Å². The summed E-state index contributed by atoms with van der Waals surface area (Å²) in [6.45, 7) is 7.51. The summed E-state index contributed by atoms with van der Waals surface area (Å²) in [5, 5.41) is 0. The first kappa shape index (κ1) is 16.0. The molecule has 0 atom stereocenters. The summed E-state index contributed by atoms with van der Waals surface area (Å²) in [5.41, 5.74) is 3.85. The summed E-state index contributed by atoms with van der Waals surface area (Å²) < 4.78 is 11.5. The first-order valence-corrected chi connectivity index (χ1v) is 8.37. The molecule has 0 bridgehead atoms. The fourth-order valence-electron chi connectivity index (χ4n) is 2.91. The largest absolute Gasteiger partial charge is 0.492 e. The van der Waals surface area contributed by atoms with E-state index in [1.54, 1.807) is 0 Å². The Morgan fingerprint density at radius 3 is 2.61 bits per heavy atom. The normalized spacial score (nSPS) is 15.5. The van der Waals surface area contributed by atoms with E-state index in [2.05, 4.69) is 60.4 Å². The van der Waals surface area contributed by atoms with Gasteiger partial charge in [0.25, 0.3) is 0 Å². The third-order valence-electron chi connectivity index (χ3n) is 4.22. The van der Waals surface area contributed by atoms with Crippen LogP contribution in [0.5, 0.6) is 5.75 Å². The predicted octanol–water partition coefficient (Wildman–Crippen LogP) is 3.30. The van der Waals surface area contributed by atoms with Crippen LogP contribution in [0.4, 0.5) is 0 Å². The Kier molecular flexibility index (Phi) is 5.67. The first-order valence-electron chi connectivity index (χ1n) is 8.37. The summed E-state index contributed by atoms with van der Waals surface area (Å²) in [6, 6.07) is 17.0. The van der Waals surface area contributed by atoms with Crippen LogP contribution in [0, 0.1) is 6.92 Å². The van der Waals surface area contributed by atoms with Crippen LogP contribution in [-0.2, 0) is 11.2 Å². The lowest BCUT2D eigenvalue weighted by atomic mass is 10.0. The van der Waals surface area contributed by atoms with Crippen molar-refractivity contribution < 1.29 is 9.47 Å². The summed E-state index contributed by atoms with van der Waals surface area (Å²) in [6.07, 6.45) is 0.912. The number of hydrogen-bond acceptors (Lipinski definition) is 3. The number of nitrogens with zero attached hydrogens (tertiary/aromatic N) is 1. The number of rotatable bonds is 6. The molecule has 23 heavy (non-hydrogen) atoms. The molecule has 0 spiro atoms. The van der Waals surface area contributed by atoms with Crippen LogP contribution in [0.3, 0.4) is 0 Å². The second-order valence-electron chi connectivity index (χ2n) is 6.08. The van der Waals surface area contributed by atoms with Crippen LogP contribution in [0.15, 0.2) is 48.5 Å². The fourth-order valence-corrected chi connectivity index (χ4v) is 2.91. The molecule has 1 fully saturated rings. The van der Waals surface area contributed by atoms with E-state index in [0.717, 1.165) is 51.6 Å². The van der Waals surface area contributed by atoms with Crippen molar-refractivity contribution in [3.63, 3.8) is 0 Å². The zero-order valence-corrected chi connectivity index (χ0v) is 13.8. The van der Waals surface area contributed by atoms with E-state index < -0.39 is 0 Å². The monoisotopic (exact) mass is 311 g/mol. The van der Waals surface area contributed by atoms with Gasteiger partial charge in [0.05, 0.1) is 13.2 Å². The van der Waals surface area contributed by atoms with E-state index >= 15 is 0 Å². The van der Waals surface area contributed by atoms with Crippen molar-refractivity contribution >= 4 is 0 Å². The molecule has 0 saturated carbocycles. The maximum atomic E-state index is 6.08. The molecule has 0 radical (unpaired) electrons. The Morgan fingerprint density at radius 1 is 1.04 bits per heavy atom. The van der Waals surface area contributed by atoms with Crippen LogP contribution < -0.4 is 4.74 Å². The highest BCUT2D eigenvalue weighted by Gasteiger charge is 2.11. The minimum Gasteiger partial charge on any atom is -0.492 e. The molecule has 1 aliphatic heterocycles. The Hall–Kier alpha value is -1.84. The average molecular weight is 311 g/mol. The number of ether oxygens (including phenoxy) is 2. The van der Waals surface area contributed by atoms with E-state index in [1.165, 1.54) is 16.7 Å². The number of hydrogen-bond donors (Lipinski definition) is 0. The molecule has 0 aliphatic carbocycles. The number of aryl methyl sites for hydroxylation is 1. The molecule has 1 saturated heterocycles. The quantitative estimate of drug-likeness (QED) is 0.817. The van der Waals surface area contributed by atoms with Gasteiger partial charge >= 0.3 is 0 Å². The van der Waals surface area contributed by atoms with Gasteiger partial charge in [-0.25, -0.2) is 0 Å². The van der Waals surface area contributed by atoms with E-state index in [0.29, 0.717) is 0 Å². The molecule has 0 N–H and O–H groups in total. The topological polar surface area (TPSA) is 21.7 Å². The maximum absolute atomic E-state index is 6.08. The van der Waals surface area contributed by atoms with Crippen molar-refractivity contribution in [1.82, 2.24) is 4.90 Å². The Morgan fingerprint density at radius 2 is 1.83 bits per heavy atom. The SMILES string of the molecule is Cc1ccc(OCCN2CCOCC2)c(Cc2ccccc2)c1. The van der Waals surface area contributed by atoms with E-state index in [4.69, 9.17) is 9.47 Å². The summed E-state index contributed by atoms with van der Waals surface area (Å²) in [5.74, 6) is 1.01. The molecule has 2 aromatic rings. The van der Waals surface area contributed by atoms with Crippen molar-refractivity contribution in [3.05, 3.63) is 65.2 Å². The van der Waals surface area contributed by atoms with Crippen LogP contribution in [0.1, 0.15) is 16.7 Å². The van der Waals surface area contributed by atoms with Gasteiger partial charge in [0.2, 0.25) is 0 Å². The van der Waals surface area contributed by atoms with Gasteiger partial charge in [0.15, 0.2) is 0 Å². The van der Waals surface area contributed by atoms with E-state index in [9.17, 15) is 0 Å². The first-order chi connectivity index (χ1) is 11.3. The zero-order chi connectivity index (χ0) is 15.9. The Balaban J connectivity index is 1.61. The lowest BCUT2D eigenvalue weighted by Gasteiger charge is -2.26. The lowest BCUT2D eigenvalue weighted by Crippen LogP contribution is -2.38. The van der Waals surface area contributed by atoms with E-state index in [-0.39, 0.29) is 0 Å². The average Bonchev–Trinajstić information content (AvgIpc) is 2.59. The maximum Gasteiger partial charge on any atom is 0.122 e. The van der Waals surface area contributed by atoms with Gasteiger partial charge in [-0.15, -0.1) is 0 Å². The van der Waals surface area contributed by atoms with Gasteiger partial charge < -0.3 is 9.47 Å². The second kappa shape index (κ2) is 8.14. The molecule has 122 valence electrons. The number of benzene rings is 2. The van der Waals surface area contributed by atoms with Crippen LogP contribution in [0.2, 0.25) is 0 Å². The van der Waals surface area contributed by atoms with Crippen LogP contribution >= 0.6 is 0 Å².